The van der Waals surface area contributed by atoms with Gasteiger partial charge < -0.3 is 19.3 Å². The number of carbonyl (C=O) groups is 2. The van der Waals surface area contributed by atoms with Gasteiger partial charge in [-0.05, 0) is 92.5 Å². The predicted molar refractivity (Wildman–Crippen MR) is 158 cm³/mol. The molecule has 3 aromatic rings. The van der Waals surface area contributed by atoms with Crippen molar-refractivity contribution in [1.82, 2.24) is 19.7 Å². The number of nitrogens with one attached hydrogen (secondary N) is 1. The SMILES string of the molecule is CNC(=O)c1c(-c2ccc(F)cc2)oc2nc(CN(CC3CCCN(OC(=O)OC(C)(C)C)C3)[SH](=O)=O)c(I)cc12. The highest BCUT2D eigenvalue weighted by Gasteiger charge is 2.29. The fourth-order valence-corrected chi connectivity index (χ4v) is 5.81. The highest BCUT2D eigenvalue weighted by atomic mass is 127. The summed E-state index contributed by atoms with van der Waals surface area (Å²) in [5, 5.41) is 4.56. The number of nitrogens with zero attached hydrogens (tertiary/aromatic N) is 3. The first kappa shape index (κ1) is 31.1. The number of pyridine rings is 1. The van der Waals surface area contributed by atoms with Gasteiger partial charge in [-0.2, -0.15) is 4.31 Å². The van der Waals surface area contributed by atoms with Crippen LogP contribution < -0.4 is 5.32 Å². The molecule has 0 saturated carbocycles. The van der Waals surface area contributed by atoms with Gasteiger partial charge in [0.25, 0.3) is 5.91 Å². The van der Waals surface area contributed by atoms with E-state index in [1.165, 1.54) is 40.7 Å². The van der Waals surface area contributed by atoms with Crippen LogP contribution in [0, 0.1) is 15.3 Å². The quantitative estimate of drug-likeness (QED) is 0.198. The van der Waals surface area contributed by atoms with Gasteiger partial charge in [-0.3, -0.25) is 4.79 Å². The summed E-state index contributed by atoms with van der Waals surface area (Å²) in [4.78, 5) is 34.8. The molecule has 0 bridgehead atoms. The van der Waals surface area contributed by atoms with Gasteiger partial charge in [0, 0.05) is 35.8 Å². The van der Waals surface area contributed by atoms with E-state index in [0.717, 1.165) is 12.8 Å². The Bertz CT molecular complexity index is 1500. The standard InChI is InChI=1S/C27H32FIN4O7S/c1-27(2,3)39-26(35)40-32-11-5-6-16(13-32)14-33(41(36)37)15-21-20(29)12-19-22(24(34)30-4)23(38-25(19)31-21)17-7-9-18(28)10-8-17/h7-10,12,16,41H,5-6,11,13-15H2,1-4H3,(H,30,34). The lowest BCUT2D eigenvalue weighted by atomic mass is 9.99. The fourth-order valence-electron chi connectivity index (χ4n) is 4.59. The van der Waals surface area contributed by atoms with Gasteiger partial charge in [0.05, 0.1) is 23.2 Å². The molecule has 1 aromatic carbocycles. The van der Waals surface area contributed by atoms with Crippen LogP contribution in [0.2, 0.25) is 0 Å². The van der Waals surface area contributed by atoms with Crippen molar-refractivity contribution in [3.8, 4) is 11.3 Å². The van der Waals surface area contributed by atoms with E-state index in [1.54, 1.807) is 26.8 Å². The number of amides is 1. The molecule has 1 amide bonds. The molecule has 1 aliphatic heterocycles. The third-order valence-corrected chi connectivity index (χ3v) is 8.08. The Kier molecular flexibility index (Phi) is 9.87. The largest absolute Gasteiger partial charge is 0.528 e. The molecule has 1 unspecified atom stereocenters. The summed E-state index contributed by atoms with van der Waals surface area (Å²) in [6.45, 7) is 6.30. The monoisotopic (exact) mass is 702 g/mol. The number of aromatic nitrogens is 1. The van der Waals surface area contributed by atoms with Crippen molar-refractivity contribution in [2.75, 3.05) is 26.7 Å². The normalized spacial score (nSPS) is 16.3. The molecule has 1 aliphatic rings. The minimum absolute atomic E-state index is 0.0156. The van der Waals surface area contributed by atoms with E-state index >= 15 is 0 Å². The van der Waals surface area contributed by atoms with E-state index in [0.29, 0.717) is 33.3 Å². The highest BCUT2D eigenvalue weighted by molar-refractivity contribution is 14.1. The van der Waals surface area contributed by atoms with Crippen LogP contribution in [-0.2, 0) is 27.0 Å². The molecule has 11 nitrogen and oxygen atoms in total. The van der Waals surface area contributed by atoms with Crippen molar-refractivity contribution in [3.05, 3.63) is 51.0 Å². The van der Waals surface area contributed by atoms with Gasteiger partial charge in [0.1, 0.15) is 17.2 Å². The Balaban J connectivity index is 1.55. The summed E-state index contributed by atoms with van der Waals surface area (Å²) in [5.41, 5.74) is 0.681. The number of fused-ring (bicyclic) bond motifs is 1. The molecular formula is C27H32FIN4O7S. The number of thiol groups is 1. The number of hydroxylamine groups is 2. The lowest BCUT2D eigenvalue weighted by Gasteiger charge is -2.33. The third kappa shape index (κ3) is 7.93. The summed E-state index contributed by atoms with van der Waals surface area (Å²) in [6, 6.07) is 7.29. The van der Waals surface area contributed by atoms with Crippen LogP contribution in [0.3, 0.4) is 0 Å². The fraction of sp³-hybridized carbons (Fsp3) is 0.444. The molecule has 1 N–H and O–H groups in total. The molecule has 1 saturated heterocycles. The Morgan fingerprint density at radius 2 is 1.98 bits per heavy atom. The van der Waals surface area contributed by atoms with Crippen molar-refractivity contribution < 1.29 is 36.4 Å². The number of rotatable bonds is 8. The maximum atomic E-state index is 13.5. The van der Waals surface area contributed by atoms with Gasteiger partial charge in [-0.15, -0.1) is 5.06 Å². The van der Waals surface area contributed by atoms with Crippen LogP contribution >= 0.6 is 22.6 Å². The summed E-state index contributed by atoms with van der Waals surface area (Å²) < 4.78 is 51.2. The topological polar surface area (TPSA) is 131 Å². The Morgan fingerprint density at radius 1 is 1.27 bits per heavy atom. The van der Waals surface area contributed by atoms with E-state index in [9.17, 15) is 22.4 Å². The lowest BCUT2D eigenvalue weighted by Crippen LogP contribution is -2.42. The van der Waals surface area contributed by atoms with Crippen LogP contribution in [0.5, 0.6) is 0 Å². The maximum Gasteiger partial charge on any atom is 0.528 e. The van der Waals surface area contributed by atoms with Gasteiger partial charge in [-0.25, -0.2) is 22.6 Å². The molecule has 4 rings (SSSR count). The number of carbonyl (C=O) groups excluding carboxylic acids is 2. The number of benzene rings is 1. The number of hydrogen-bond acceptors (Lipinski definition) is 9. The predicted octanol–water partition coefficient (Wildman–Crippen LogP) is 4.51. The second-order valence-corrected chi connectivity index (χ2v) is 12.9. The van der Waals surface area contributed by atoms with E-state index in [4.69, 9.17) is 14.0 Å². The summed E-state index contributed by atoms with van der Waals surface area (Å²) in [6.07, 6.45) is 0.678. The molecule has 14 heteroatoms. The number of piperidine rings is 1. The molecule has 41 heavy (non-hydrogen) atoms. The molecule has 0 radical (unpaired) electrons. The Morgan fingerprint density at radius 3 is 2.61 bits per heavy atom. The van der Waals surface area contributed by atoms with Gasteiger partial charge in [-0.1, -0.05) is 0 Å². The third-order valence-electron chi connectivity index (χ3n) is 6.38. The summed E-state index contributed by atoms with van der Waals surface area (Å²) in [5.74, 6) is -0.674. The number of halogens is 2. The molecule has 222 valence electrons. The average Bonchev–Trinajstić information content (AvgIpc) is 3.25. The van der Waals surface area contributed by atoms with Crippen LogP contribution in [0.25, 0.3) is 22.4 Å². The van der Waals surface area contributed by atoms with E-state index in [-0.39, 0.29) is 36.0 Å². The second-order valence-electron chi connectivity index (χ2n) is 10.7. The molecule has 2 aromatic heterocycles. The van der Waals surface area contributed by atoms with Crippen molar-refractivity contribution in [2.24, 2.45) is 5.92 Å². The Hall–Kier alpha value is -2.82. The summed E-state index contributed by atoms with van der Waals surface area (Å²) >= 11 is 2.05. The average molecular weight is 703 g/mol. The number of hydrogen-bond donors (Lipinski definition) is 2. The molecule has 0 spiro atoms. The van der Waals surface area contributed by atoms with Crippen molar-refractivity contribution in [2.45, 2.75) is 45.8 Å². The molecule has 1 fully saturated rings. The Labute approximate surface area is 252 Å². The van der Waals surface area contributed by atoms with E-state index in [2.05, 4.69) is 32.9 Å². The first-order chi connectivity index (χ1) is 19.3. The smallest absolute Gasteiger partial charge is 0.437 e. The molecular weight excluding hydrogens is 670 g/mol. The lowest BCUT2D eigenvalue weighted by molar-refractivity contribution is -0.159. The molecule has 1 atom stereocenters. The minimum Gasteiger partial charge on any atom is -0.437 e. The van der Waals surface area contributed by atoms with Crippen molar-refractivity contribution in [1.29, 1.82) is 0 Å². The number of ether oxygens (including phenoxy) is 1. The van der Waals surface area contributed by atoms with Crippen LogP contribution in [0.4, 0.5) is 9.18 Å². The highest BCUT2D eigenvalue weighted by Crippen LogP contribution is 2.34. The zero-order valence-corrected chi connectivity index (χ0v) is 26.2. The van der Waals surface area contributed by atoms with E-state index in [1.807, 2.05) is 0 Å². The zero-order valence-electron chi connectivity index (χ0n) is 23.1. The maximum absolute atomic E-state index is 13.5. The van der Waals surface area contributed by atoms with E-state index < -0.39 is 34.4 Å². The molecule has 3 heterocycles. The molecule has 0 aliphatic carbocycles. The second kappa shape index (κ2) is 13.0. The van der Waals surface area contributed by atoms with Gasteiger partial charge >= 0.3 is 6.16 Å². The van der Waals surface area contributed by atoms with Crippen LogP contribution in [0.15, 0.2) is 34.7 Å². The zero-order chi connectivity index (χ0) is 29.9. The van der Waals surface area contributed by atoms with Gasteiger partial charge in [0.15, 0.2) is 0 Å². The number of furan rings is 1. The van der Waals surface area contributed by atoms with Crippen molar-refractivity contribution >= 4 is 56.6 Å². The first-order valence-electron chi connectivity index (χ1n) is 13.0. The summed E-state index contributed by atoms with van der Waals surface area (Å²) in [7, 11) is -1.47. The first-order valence-corrected chi connectivity index (χ1v) is 15.2. The van der Waals surface area contributed by atoms with Crippen molar-refractivity contribution in [3.63, 3.8) is 0 Å². The van der Waals surface area contributed by atoms with Crippen LogP contribution in [-0.4, -0.2) is 67.1 Å². The van der Waals surface area contributed by atoms with Crippen LogP contribution in [0.1, 0.15) is 49.7 Å². The van der Waals surface area contributed by atoms with Gasteiger partial charge in [0.2, 0.25) is 16.6 Å². The minimum atomic E-state index is -2.96.